The Bertz CT molecular complexity index is 708. The van der Waals surface area contributed by atoms with Gasteiger partial charge in [-0.05, 0) is 25.5 Å². The lowest BCUT2D eigenvalue weighted by atomic mass is 10.2. The maximum atomic E-state index is 12.6. The second-order valence-electron chi connectivity index (χ2n) is 5.46. The van der Waals surface area contributed by atoms with Gasteiger partial charge in [-0.3, -0.25) is 4.79 Å². The van der Waals surface area contributed by atoms with Crippen LogP contribution in [0.15, 0.2) is 23.1 Å². The van der Waals surface area contributed by atoms with Crippen LogP contribution in [-0.4, -0.2) is 55.9 Å². The van der Waals surface area contributed by atoms with Gasteiger partial charge in [0, 0.05) is 26.2 Å². The Morgan fingerprint density at radius 1 is 1.09 bits per heavy atom. The van der Waals surface area contributed by atoms with Gasteiger partial charge in [0.05, 0.1) is 4.90 Å². The number of benzene rings is 1. The Morgan fingerprint density at radius 3 is 2.13 bits per heavy atom. The van der Waals surface area contributed by atoms with E-state index in [9.17, 15) is 26.4 Å². The lowest BCUT2D eigenvalue weighted by molar-refractivity contribution is -0.186. The molecule has 128 valence electrons. The monoisotopic (exact) mass is 350 g/mol. The van der Waals surface area contributed by atoms with Gasteiger partial charge in [0.15, 0.2) is 0 Å². The number of carbonyl (C=O) groups is 1. The van der Waals surface area contributed by atoms with E-state index in [0.717, 1.165) is 9.87 Å². The van der Waals surface area contributed by atoms with Crippen LogP contribution in [0, 0.1) is 13.8 Å². The molecule has 0 atom stereocenters. The third kappa shape index (κ3) is 3.66. The summed E-state index contributed by atoms with van der Waals surface area (Å²) in [5.41, 5.74) is 1.50. The van der Waals surface area contributed by atoms with Gasteiger partial charge in [0.25, 0.3) is 0 Å². The number of nitrogens with zero attached hydrogens (tertiary/aromatic N) is 2. The Morgan fingerprint density at radius 2 is 1.65 bits per heavy atom. The molecule has 23 heavy (non-hydrogen) atoms. The molecule has 1 aliphatic heterocycles. The number of aryl methyl sites for hydroxylation is 2. The Labute approximate surface area is 132 Å². The van der Waals surface area contributed by atoms with E-state index >= 15 is 0 Å². The predicted molar refractivity (Wildman–Crippen MR) is 77.3 cm³/mol. The standard InChI is InChI=1S/C14H17F3N2O3S/c1-10-3-4-12(11(2)9-10)23(21,22)19-7-5-18(6-8-19)13(20)14(15,16)17/h3-4,9H,5-8H2,1-2H3. The fraction of sp³-hybridized carbons (Fsp3) is 0.500. The summed E-state index contributed by atoms with van der Waals surface area (Å²) in [5.74, 6) is -1.93. The highest BCUT2D eigenvalue weighted by molar-refractivity contribution is 7.89. The van der Waals surface area contributed by atoms with Crippen LogP contribution in [0.1, 0.15) is 11.1 Å². The summed E-state index contributed by atoms with van der Waals surface area (Å²) < 4.78 is 63.5. The summed E-state index contributed by atoms with van der Waals surface area (Å²) in [7, 11) is -3.78. The topological polar surface area (TPSA) is 57.7 Å². The summed E-state index contributed by atoms with van der Waals surface area (Å²) >= 11 is 0. The van der Waals surface area contributed by atoms with E-state index in [2.05, 4.69) is 0 Å². The minimum absolute atomic E-state index is 0.138. The molecule has 0 unspecified atom stereocenters. The van der Waals surface area contributed by atoms with Crippen molar-refractivity contribution < 1.29 is 26.4 Å². The minimum atomic E-state index is -4.94. The second-order valence-corrected chi connectivity index (χ2v) is 7.37. The summed E-state index contributed by atoms with van der Waals surface area (Å²) in [6.45, 7) is 2.65. The fourth-order valence-corrected chi connectivity index (χ4v) is 4.17. The molecule has 1 aromatic carbocycles. The van der Waals surface area contributed by atoms with E-state index < -0.39 is 22.1 Å². The first-order valence-corrected chi connectivity index (χ1v) is 8.41. The Hall–Kier alpha value is -1.61. The van der Waals surface area contributed by atoms with Crippen molar-refractivity contribution in [2.45, 2.75) is 24.9 Å². The summed E-state index contributed by atoms with van der Waals surface area (Å²) in [5, 5.41) is 0. The number of hydrogen-bond donors (Lipinski definition) is 0. The third-order valence-electron chi connectivity index (χ3n) is 3.72. The second kappa shape index (κ2) is 6.12. The zero-order chi connectivity index (χ0) is 17.4. The fourth-order valence-electron chi connectivity index (χ4n) is 2.54. The first kappa shape index (κ1) is 17.7. The molecule has 1 fully saturated rings. The van der Waals surface area contributed by atoms with Crippen LogP contribution < -0.4 is 0 Å². The van der Waals surface area contributed by atoms with E-state index in [1.165, 1.54) is 6.07 Å². The van der Waals surface area contributed by atoms with E-state index in [4.69, 9.17) is 0 Å². The zero-order valence-corrected chi connectivity index (χ0v) is 13.5. The van der Waals surface area contributed by atoms with Crippen molar-refractivity contribution >= 4 is 15.9 Å². The van der Waals surface area contributed by atoms with Crippen LogP contribution in [0.2, 0.25) is 0 Å². The number of halogens is 3. The number of carbonyl (C=O) groups excluding carboxylic acids is 1. The summed E-state index contributed by atoms with van der Waals surface area (Å²) in [6, 6.07) is 4.90. The van der Waals surface area contributed by atoms with Gasteiger partial charge in [-0.15, -0.1) is 0 Å². The van der Waals surface area contributed by atoms with Crippen molar-refractivity contribution in [1.82, 2.24) is 9.21 Å². The number of hydrogen-bond acceptors (Lipinski definition) is 3. The highest BCUT2D eigenvalue weighted by Crippen LogP contribution is 2.24. The van der Waals surface area contributed by atoms with E-state index in [0.29, 0.717) is 10.5 Å². The quantitative estimate of drug-likeness (QED) is 0.816. The molecule has 1 aromatic rings. The van der Waals surface area contributed by atoms with Crippen LogP contribution >= 0.6 is 0 Å². The van der Waals surface area contributed by atoms with Gasteiger partial charge in [0.2, 0.25) is 10.0 Å². The molecule has 0 bridgehead atoms. The van der Waals surface area contributed by atoms with Crippen LogP contribution in [-0.2, 0) is 14.8 Å². The molecule has 0 aromatic heterocycles. The number of rotatable bonds is 2. The number of sulfonamides is 1. The minimum Gasteiger partial charge on any atom is -0.332 e. The van der Waals surface area contributed by atoms with E-state index in [1.54, 1.807) is 19.1 Å². The highest BCUT2D eigenvalue weighted by atomic mass is 32.2. The molecule has 2 rings (SSSR count). The van der Waals surface area contributed by atoms with Gasteiger partial charge in [-0.25, -0.2) is 8.42 Å². The number of amides is 1. The normalized spacial score (nSPS) is 17.3. The molecule has 0 N–H and O–H groups in total. The molecule has 1 aliphatic rings. The Balaban J connectivity index is 2.14. The van der Waals surface area contributed by atoms with Crippen LogP contribution in [0.3, 0.4) is 0 Å². The first-order valence-electron chi connectivity index (χ1n) is 6.97. The molecular weight excluding hydrogens is 333 g/mol. The first-order chi connectivity index (χ1) is 10.5. The SMILES string of the molecule is Cc1ccc(S(=O)(=O)N2CCN(C(=O)C(F)(F)F)CC2)c(C)c1. The maximum absolute atomic E-state index is 12.6. The lowest BCUT2D eigenvalue weighted by Gasteiger charge is -2.34. The molecule has 0 aliphatic carbocycles. The van der Waals surface area contributed by atoms with Gasteiger partial charge in [-0.2, -0.15) is 17.5 Å². The largest absolute Gasteiger partial charge is 0.471 e. The molecule has 1 heterocycles. The van der Waals surface area contributed by atoms with E-state index in [-0.39, 0.29) is 31.1 Å². The molecular formula is C14H17F3N2O3S. The molecule has 0 saturated carbocycles. The van der Waals surface area contributed by atoms with Crippen molar-refractivity contribution in [3.63, 3.8) is 0 Å². The molecule has 0 radical (unpaired) electrons. The average Bonchev–Trinajstić information content (AvgIpc) is 2.45. The van der Waals surface area contributed by atoms with E-state index in [1.807, 2.05) is 6.92 Å². The molecule has 0 spiro atoms. The third-order valence-corrected chi connectivity index (χ3v) is 5.78. The van der Waals surface area contributed by atoms with Crippen molar-refractivity contribution in [1.29, 1.82) is 0 Å². The highest BCUT2D eigenvalue weighted by Gasteiger charge is 2.44. The summed E-state index contributed by atoms with van der Waals surface area (Å²) in [4.78, 5) is 11.9. The smallest absolute Gasteiger partial charge is 0.332 e. The Kier molecular flexibility index (Phi) is 4.72. The average molecular weight is 350 g/mol. The van der Waals surface area contributed by atoms with Gasteiger partial charge < -0.3 is 4.90 Å². The molecule has 1 amide bonds. The zero-order valence-electron chi connectivity index (χ0n) is 12.7. The van der Waals surface area contributed by atoms with Crippen LogP contribution in [0.25, 0.3) is 0 Å². The van der Waals surface area contributed by atoms with Crippen LogP contribution in [0.4, 0.5) is 13.2 Å². The molecule has 1 saturated heterocycles. The van der Waals surface area contributed by atoms with Gasteiger partial charge >= 0.3 is 12.1 Å². The van der Waals surface area contributed by atoms with Gasteiger partial charge in [0.1, 0.15) is 0 Å². The lowest BCUT2D eigenvalue weighted by Crippen LogP contribution is -2.53. The van der Waals surface area contributed by atoms with Gasteiger partial charge in [-0.1, -0.05) is 17.7 Å². The summed E-state index contributed by atoms with van der Waals surface area (Å²) in [6.07, 6.45) is -4.94. The number of alkyl halides is 3. The van der Waals surface area contributed by atoms with Crippen molar-refractivity contribution in [3.8, 4) is 0 Å². The maximum Gasteiger partial charge on any atom is 0.471 e. The number of piperazine rings is 1. The molecule has 9 heteroatoms. The molecule has 5 nitrogen and oxygen atoms in total. The predicted octanol–water partition coefficient (Wildman–Crippen LogP) is 1.70. The van der Waals surface area contributed by atoms with Crippen molar-refractivity contribution in [2.24, 2.45) is 0 Å². The van der Waals surface area contributed by atoms with Crippen LogP contribution in [0.5, 0.6) is 0 Å². The van der Waals surface area contributed by atoms with Crippen molar-refractivity contribution in [2.75, 3.05) is 26.2 Å². The van der Waals surface area contributed by atoms with Crippen molar-refractivity contribution in [3.05, 3.63) is 29.3 Å².